The number of benzene rings is 1. The normalized spacial score (nSPS) is 19.1. The molecule has 2 aromatic rings. The van der Waals surface area contributed by atoms with Crippen molar-refractivity contribution in [3.05, 3.63) is 40.4 Å². The molecule has 28 heavy (non-hydrogen) atoms. The molecule has 0 N–H and O–H groups in total. The lowest BCUT2D eigenvalue weighted by Gasteiger charge is -2.36. The first kappa shape index (κ1) is 20.5. The Morgan fingerprint density at radius 1 is 1.11 bits per heavy atom. The second kappa shape index (κ2) is 8.39. The number of carbonyl (C=O) groups excluding carboxylic acids is 1. The molecule has 1 saturated heterocycles. The number of urea groups is 1. The highest BCUT2D eigenvalue weighted by Crippen LogP contribution is 2.30. The van der Waals surface area contributed by atoms with Crippen LogP contribution in [0.25, 0.3) is 0 Å². The van der Waals surface area contributed by atoms with Crippen molar-refractivity contribution in [3.8, 4) is 0 Å². The monoisotopic (exact) mass is 426 g/mol. The van der Waals surface area contributed by atoms with Crippen LogP contribution in [0, 0.1) is 18.6 Å². The highest BCUT2D eigenvalue weighted by atomic mass is 32.1. The van der Waals surface area contributed by atoms with Crippen molar-refractivity contribution < 1.29 is 13.6 Å². The predicted molar refractivity (Wildman–Crippen MR) is 108 cm³/mol. The molecule has 3 heterocycles. The minimum Gasteiger partial charge on any atom is -0.343 e. The number of amides is 2. The summed E-state index contributed by atoms with van der Waals surface area (Å²) in [6.07, 6.45) is 2.03. The Hall–Kier alpha value is -2.27. The molecule has 0 bridgehead atoms. The molecule has 1 aromatic carbocycles. The van der Waals surface area contributed by atoms with E-state index >= 15 is 0 Å². The van der Waals surface area contributed by atoms with E-state index in [9.17, 15) is 13.6 Å². The van der Waals surface area contributed by atoms with Crippen molar-refractivity contribution in [2.75, 3.05) is 31.1 Å². The molecule has 7 nitrogen and oxygen atoms in total. The van der Waals surface area contributed by atoms with E-state index in [0.29, 0.717) is 38.2 Å². The van der Waals surface area contributed by atoms with Crippen LogP contribution in [-0.4, -0.2) is 58.5 Å². The van der Waals surface area contributed by atoms with Gasteiger partial charge in [-0.05, 0) is 24.6 Å². The van der Waals surface area contributed by atoms with Crippen molar-refractivity contribution in [1.82, 2.24) is 20.1 Å². The zero-order chi connectivity index (χ0) is 19.0. The van der Waals surface area contributed by atoms with E-state index in [1.165, 1.54) is 28.5 Å². The van der Waals surface area contributed by atoms with Gasteiger partial charge in [0.05, 0.1) is 6.04 Å². The van der Waals surface area contributed by atoms with Crippen molar-refractivity contribution >= 4 is 42.2 Å². The lowest BCUT2D eigenvalue weighted by Crippen LogP contribution is -2.52. The predicted octanol–water partition coefficient (Wildman–Crippen LogP) is 2.91. The van der Waals surface area contributed by atoms with Crippen LogP contribution >= 0.6 is 24.8 Å². The Bertz CT molecular complexity index is 864. The van der Waals surface area contributed by atoms with Gasteiger partial charge in [-0.1, -0.05) is 11.3 Å². The molecular weight excluding hydrogens is 406 g/mol. The molecular formula is C17H20F2N6OS2. The third-order valence-corrected chi connectivity index (χ3v) is 5.53. The van der Waals surface area contributed by atoms with Crippen molar-refractivity contribution in [3.63, 3.8) is 0 Å². The van der Waals surface area contributed by atoms with Gasteiger partial charge >= 0.3 is 6.03 Å². The molecule has 0 radical (unpaired) electrons. The number of hydrogen-bond donors (Lipinski definition) is 0. The quantitative estimate of drug-likeness (QED) is 0.741. The molecule has 0 aliphatic carbocycles. The number of anilines is 1. The zero-order valence-electron chi connectivity index (χ0n) is 15.2. The number of aryl methyl sites for hydroxylation is 1. The van der Waals surface area contributed by atoms with E-state index < -0.39 is 17.7 Å². The van der Waals surface area contributed by atoms with E-state index in [4.69, 9.17) is 0 Å². The third kappa shape index (κ3) is 4.09. The molecule has 1 atom stereocenters. The van der Waals surface area contributed by atoms with E-state index in [1.54, 1.807) is 11.1 Å². The van der Waals surface area contributed by atoms with Gasteiger partial charge < -0.3 is 9.80 Å². The largest absolute Gasteiger partial charge is 0.343 e. The number of hydrogen-bond acceptors (Lipinski definition) is 6. The number of nitrogens with zero attached hydrogens (tertiary/aromatic N) is 6. The summed E-state index contributed by atoms with van der Waals surface area (Å²) < 4.78 is 27.1. The van der Waals surface area contributed by atoms with E-state index in [2.05, 4.69) is 20.2 Å². The van der Waals surface area contributed by atoms with Crippen LogP contribution < -0.4 is 4.90 Å². The summed E-state index contributed by atoms with van der Waals surface area (Å²) in [6, 6.07) is 2.56. The number of piperazine rings is 1. The summed E-state index contributed by atoms with van der Waals surface area (Å²) >= 11 is 1.52. The molecule has 0 spiro atoms. The first-order chi connectivity index (χ1) is 13.0. The number of carbonyl (C=O) groups is 1. The topological polar surface area (TPSA) is 64.9 Å². The minimum absolute atomic E-state index is 0. The lowest BCUT2D eigenvalue weighted by atomic mass is 10.0. The first-order valence-electron chi connectivity index (χ1n) is 8.63. The standard InChI is InChI=1S/C17H18F2N6OS.H2S/c1-11-21-22-16(27-11)23-4-6-24(7-5-23)17(26)25-15(2-3-20-25)12-8-13(18)10-14(19)9-12;/h3,8-10,15H,2,4-7H2,1H3;1H2/t15-;/m0./s1. The van der Waals surface area contributed by atoms with Crippen LogP contribution in [0.4, 0.5) is 18.7 Å². The van der Waals surface area contributed by atoms with Crippen LogP contribution in [-0.2, 0) is 0 Å². The van der Waals surface area contributed by atoms with Crippen LogP contribution in [0.2, 0.25) is 0 Å². The highest BCUT2D eigenvalue weighted by Gasteiger charge is 2.33. The molecule has 150 valence electrons. The smallest absolute Gasteiger partial charge is 0.341 e. The molecule has 2 aliphatic rings. The zero-order valence-corrected chi connectivity index (χ0v) is 17.0. The van der Waals surface area contributed by atoms with Crippen molar-refractivity contribution in [1.29, 1.82) is 0 Å². The van der Waals surface area contributed by atoms with E-state index in [-0.39, 0.29) is 19.5 Å². The maximum absolute atomic E-state index is 13.6. The maximum atomic E-state index is 13.6. The lowest BCUT2D eigenvalue weighted by molar-refractivity contribution is 0.139. The summed E-state index contributed by atoms with van der Waals surface area (Å²) in [5.41, 5.74) is 0.404. The summed E-state index contributed by atoms with van der Waals surface area (Å²) in [5, 5.41) is 15.4. The summed E-state index contributed by atoms with van der Waals surface area (Å²) in [7, 11) is 0. The van der Waals surface area contributed by atoms with Crippen LogP contribution in [0.5, 0.6) is 0 Å². The maximum Gasteiger partial charge on any atom is 0.341 e. The average molecular weight is 427 g/mol. The second-order valence-electron chi connectivity index (χ2n) is 6.46. The Morgan fingerprint density at radius 3 is 2.39 bits per heavy atom. The fourth-order valence-corrected chi connectivity index (χ4v) is 4.03. The van der Waals surface area contributed by atoms with Gasteiger partial charge in [0.15, 0.2) is 0 Å². The van der Waals surface area contributed by atoms with E-state index in [0.717, 1.165) is 16.2 Å². The Kier molecular flexibility index (Phi) is 6.14. The first-order valence-corrected chi connectivity index (χ1v) is 9.44. The number of halogens is 2. The molecule has 11 heteroatoms. The highest BCUT2D eigenvalue weighted by molar-refractivity contribution is 7.59. The van der Waals surface area contributed by atoms with Gasteiger partial charge in [0, 0.05) is 44.9 Å². The molecule has 0 unspecified atom stereocenters. The van der Waals surface area contributed by atoms with Crippen LogP contribution in [0.3, 0.4) is 0 Å². The van der Waals surface area contributed by atoms with Crippen molar-refractivity contribution in [2.45, 2.75) is 19.4 Å². The van der Waals surface area contributed by atoms with Crippen molar-refractivity contribution in [2.24, 2.45) is 5.10 Å². The molecule has 2 amide bonds. The van der Waals surface area contributed by atoms with Gasteiger partial charge in [-0.3, -0.25) is 0 Å². The third-order valence-electron chi connectivity index (χ3n) is 4.63. The number of hydrazone groups is 1. The van der Waals surface area contributed by atoms with E-state index in [1.807, 2.05) is 6.92 Å². The number of rotatable bonds is 2. The molecule has 4 rings (SSSR count). The van der Waals surface area contributed by atoms with Gasteiger partial charge in [-0.25, -0.2) is 18.6 Å². The average Bonchev–Trinajstić information content (AvgIpc) is 3.29. The fourth-order valence-electron chi connectivity index (χ4n) is 3.29. The summed E-state index contributed by atoms with van der Waals surface area (Å²) in [4.78, 5) is 16.7. The van der Waals surface area contributed by atoms with Crippen LogP contribution in [0.15, 0.2) is 23.3 Å². The Balaban J connectivity index is 0.00000225. The van der Waals surface area contributed by atoms with Gasteiger partial charge in [0.2, 0.25) is 5.13 Å². The van der Waals surface area contributed by atoms with Gasteiger partial charge in [0.25, 0.3) is 0 Å². The van der Waals surface area contributed by atoms with Gasteiger partial charge in [0.1, 0.15) is 16.6 Å². The van der Waals surface area contributed by atoms with Gasteiger partial charge in [-0.2, -0.15) is 18.6 Å². The Morgan fingerprint density at radius 2 is 1.79 bits per heavy atom. The minimum atomic E-state index is -0.662. The van der Waals surface area contributed by atoms with Crippen LogP contribution in [0.1, 0.15) is 23.0 Å². The molecule has 0 saturated carbocycles. The SMILES string of the molecule is Cc1nnc(N2CCN(C(=O)N3N=CC[C@H]3c3cc(F)cc(F)c3)CC2)s1.S. The Labute approximate surface area is 172 Å². The summed E-state index contributed by atoms with van der Waals surface area (Å²) in [5.74, 6) is -1.32. The fraction of sp³-hybridized carbons (Fsp3) is 0.412. The molecule has 2 aliphatic heterocycles. The number of aromatic nitrogens is 2. The van der Waals surface area contributed by atoms with Gasteiger partial charge in [-0.15, -0.1) is 10.2 Å². The molecule has 1 fully saturated rings. The molecule has 1 aromatic heterocycles. The summed E-state index contributed by atoms with van der Waals surface area (Å²) in [6.45, 7) is 4.25. The second-order valence-corrected chi connectivity index (χ2v) is 7.62.